The molecule has 0 aromatic heterocycles. The van der Waals surface area contributed by atoms with E-state index >= 15 is 0 Å². The second-order valence-electron chi connectivity index (χ2n) is 5.17. The first-order chi connectivity index (χ1) is 9.19. The van der Waals surface area contributed by atoms with Crippen molar-refractivity contribution in [2.24, 2.45) is 0 Å². The van der Waals surface area contributed by atoms with E-state index in [9.17, 15) is 5.11 Å². The number of aliphatic hydroxyl groups excluding tert-OH is 1. The van der Waals surface area contributed by atoms with Crippen molar-refractivity contribution in [3.63, 3.8) is 0 Å². The summed E-state index contributed by atoms with van der Waals surface area (Å²) in [6.45, 7) is 6.22. The minimum Gasteiger partial charge on any atom is -0.490 e. The predicted octanol–water partition coefficient (Wildman–Crippen LogP) is 1.78. The molecular weight excluding hydrogens is 240 g/mol. The fourth-order valence-electron chi connectivity index (χ4n) is 2.30. The van der Waals surface area contributed by atoms with Gasteiger partial charge >= 0.3 is 0 Å². The van der Waals surface area contributed by atoms with Crippen LogP contribution in [0.15, 0.2) is 18.2 Å². The summed E-state index contributed by atoms with van der Waals surface area (Å²) < 4.78 is 5.58. The number of nitrogens with one attached hydrogen (secondary N) is 2. The zero-order valence-corrected chi connectivity index (χ0v) is 11.8. The molecule has 1 heterocycles. The van der Waals surface area contributed by atoms with E-state index in [1.165, 1.54) is 5.56 Å². The van der Waals surface area contributed by atoms with Crippen LogP contribution in [0.1, 0.15) is 25.8 Å². The summed E-state index contributed by atoms with van der Waals surface area (Å²) in [7, 11) is 0. The predicted molar refractivity (Wildman–Crippen MR) is 77.9 cm³/mol. The zero-order chi connectivity index (χ0) is 13.7. The Balaban J connectivity index is 1.97. The standard InChI is InChI=1S/C15H24N2O2/c1-3-13(17-10-11(2)18)8-12-4-5-15-14(9-12)16-6-7-19-15/h4-5,9,11,13,16-18H,3,6-8,10H2,1-2H3. The van der Waals surface area contributed by atoms with E-state index in [1.807, 2.05) is 6.07 Å². The summed E-state index contributed by atoms with van der Waals surface area (Å²) in [6.07, 6.45) is 1.72. The Labute approximate surface area is 115 Å². The fraction of sp³-hybridized carbons (Fsp3) is 0.600. The lowest BCUT2D eigenvalue weighted by molar-refractivity contribution is 0.185. The van der Waals surface area contributed by atoms with Gasteiger partial charge in [-0.15, -0.1) is 0 Å². The minimum atomic E-state index is -0.298. The highest BCUT2D eigenvalue weighted by Gasteiger charge is 2.12. The number of hydrogen-bond acceptors (Lipinski definition) is 4. The van der Waals surface area contributed by atoms with Crippen LogP contribution in [0.5, 0.6) is 5.75 Å². The van der Waals surface area contributed by atoms with Gasteiger partial charge in [0.1, 0.15) is 12.4 Å². The zero-order valence-electron chi connectivity index (χ0n) is 11.8. The van der Waals surface area contributed by atoms with Crippen molar-refractivity contribution >= 4 is 5.69 Å². The Bertz CT molecular complexity index is 407. The number of ether oxygens (including phenoxy) is 1. The summed E-state index contributed by atoms with van der Waals surface area (Å²) in [5.41, 5.74) is 2.39. The quantitative estimate of drug-likeness (QED) is 0.733. The second kappa shape index (κ2) is 6.78. The molecule has 106 valence electrons. The first-order valence-corrected chi connectivity index (χ1v) is 7.10. The second-order valence-corrected chi connectivity index (χ2v) is 5.17. The Hall–Kier alpha value is -1.26. The van der Waals surface area contributed by atoms with Crippen LogP contribution in [0.25, 0.3) is 0 Å². The maximum Gasteiger partial charge on any atom is 0.142 e. The van der Waals surface area contributed by atoms with Crippen molar-refractivity contribution in [3.8, 4) is 5.75 Å². The summed E-state index contributed by atoms with van der Waals surface area (Å²) in [6, 6.07) is 6.73. The van der Waals surface area contributed by atoms with Crippen LogP contribution in [-0.2, 0) is 6.42 Å². The van der Waals surface area contributed by atoms with Crippen LogP contribution in [0.3, 0.4) is 0 Å². The average Bonchev–Trinajstić information content (AvgIpc) is 2.43. The molecule has 19 heavy (non-hydrogen) atoms. The third-order valence-electron chi connectivity index (χ3n) is 3.40. The highest BCUT2D eigenvalue weighted by Crippen LogP contribution is 2.28. The molecule has 1 aromatic carbocycles. The number of fused-ring (bicyclic) bond motifs is 1. The van der Waals surface area contributed by atoms with E-state index in [0.717, 1.165) is 37.4 Å². The van der Waals surface area contributed by atoms with E-state index in [0.29, 0.717) is 12.6 Å². The van der Waals surface area contributed by atoms with Gasteiger partial charge in [-0.25, -0.2) is 0 Å². The van der Waals surface area contributed by atoms with Crippen LogP contribution in [0.4, 0.5) is 5.69 Å². The van der Waals surface area contributed by atoms with Crippen LogP contribution in [0, 0.1) is 0 Å². The molecule has 2 rings (SSSR count). The lowest BCUT2D eigenvalue weighted by Gasteiger charge is -2.22. The van der Waals surface area contributed by atoms with E-state index in [-0.39, 0.29) is 6.10 Å². The molecule has 0 aliphatic carbocycles. The monoisotopic (exact) mass is 264 g/mol. The maximum absolute atomic E-state index is 9.33. The van der Waals surface area contributed by atoms with Crippen molar-refractivity contribution in [1.82, 2.24) is 5.32 Å². The Kier molecular flexibility index (Phi) is 5.05. The van der Waals surface area contributed by atoms with Crippen LogP contribution < -0.4 is 15.4 Å². The molecule has 3 N–H and O–H groups in total. The van der Waals surface area contributed by atoms with Gasteiger partial charge in [0.25, 0.3) is 0 Å². The molecule has 0 saturated carbocycles. The largest absolute Gasteiger partial charge is 0.490 e. The van der Waals surface area contributed by atoms with Gasteiger partial charge in [-0.1, -0.05) is 13.0 Å². The lowest BCUT2D eigenvalue weighted by atomic mass is 10.0. The van der Waals surface area contributed by atoms with Gasteiger partial charge in [0.05, 0.1) is 11.8 Å². The number of aliphatic hydroxyl groups is 1. The van der Waals surface area contributed by atoms with Gasteiger partial charge in [0.15, 0.2) is 0 Å². The first-order valence-electron chi connectivity index (χ1n) is 7.10. The van der Waals surface area contributed by atoms with E-state index in [2.05, 4.69) is 29.7 Å². The molecule has 2 unspecified atom stereocenters. The molecule has 0 saturated heterocycles. The van der Waals surface area contributed by atoms with Crippen molar-refractivity contribution in [3.05, 3.63) is 23.8 Å². The van der Waals surface area contributed by atoms with Gasteiger partial charge in [-0.3, -0.25) is 0 Å². The minimum absolute atomic E-state index is 0.298. The average molecular weight is 264 g/mol. The van der Waals surface area contributed by atoms with Gasteiger partial charge in [-0.2, -0.15) is 0 Å². The molecule has 1 aliphatic heterocycles. The Morgan fingerprint density at radius 3 is 3.05 bits per heavy atom. The van der Waals surface area contributed by atoms with Gasteiger partial charge in [0, 0.05) is 19.1 Å². The molecule has 1 aromatic rings. The summed E-state index contributed by atoms with van der Waals surface area (Å²) in [5, 5.41) is 16.1. The van der Waals surface area contributed by atoms with Crippen LogP contribution in [0.2, 0.25) is 0 Å². The fourth-order valence-corrected chi connectivity index (χ4v) is 2.30. The van der Waals surface area contributed by atoms with Crippen LogP contribution in [-0.4, -0.2) is 36.9 Å². The SMILES string of the molecule is CCC(Cc1ccc2c(c1)NCCO2)NCC(C)O. The number of hydrogen-bond donors (Lipinski definition) is 3. The van der Waals surface area contributed by atoms with Crippen molar-refractivity contribution in [1.29, 1.82) is 0 Å². The van der Waals surface area contributed by atoms with E-state index in [4.69, 9.17) is 4.74 Å². The molecule has 1 aliphatic rings. The van der Waals surface area contributed by atoms with Crippen molar-refractivity contribution < 1.29 is 9.84 Å². The molecular formula is C15H24N2O2. The summed E-state index contributed by atoms with van der Waals surface area (Å²) >= 11 is 0. The summed E-state index contributed by atoms with van der Waals surface area (Å²) in [5.74, 6) is 0.944. The normalized spacial score (nSPS) is 17.0. The van der Waals surface area contributed by atoms with E-state index < -0.39 is 0 Å². The Morgan fingerprint density at radius 2 is 2.32 bits per heavy atom. The smallest absolute Gasteiger partial charge is 0.142 e. The highest BCUT2D eigenvalue weighted by atomic mass is 16.5. The maximum atomic E-state index is 9.33. The van der Waals surface area contributed by atoms with Gasteiger partial charge in [0.2, 0.25) is 0 Å². The van der Waals surface area contributed by atoms with Crippen molar-refractivity contribution in [2.45, 2.75) is 38.8 Å². The molecule has 4 heteroatoms. The van der Waals surface area contributed by atoms with Crippen molar-refractivity contribution in [2.75, 3.05) is 25.0 Å². The lowest BCUT2D eigenvalue weighted by Crippen LogP contribution is -2.35. The number of rotatable bonds is 6. The molecule has 0 amide bonds. The number of benzene rings is 1. The van der Waals surface area contributed by atoms with E-state index in [1.54, 1.807) is 6.92 Å². The molecule has 0 bridgehead atoms. The third kappa shape index (κ3) is 4.11. The molecule has 2 atom stereocenters. The number of anilines is 1. The molecule has 4 nitrogen and oxygen atoms in total. The Morgan fingerprint density at radius 1 is 1.47 bits per heavy atom. The summed E-state index contributed by atoms with van der Waals surface area (Å²) in [4.78, 5) is 0. The van der Waals surface area contributed by atoms with Crippen LogP contribution >= 0.6 is 0 Å². The van der Waals surface area contributed by atoms with Gasteiger partial charge in [-0.05, 0) is 37.5 Å². The third-order valence-corrected chi connectivity index (χ3v) is 3.40. The molecule has 0 fully saturated rings. The molecule has 0 radical (unpaired) electrons. The topological polar surface area (TPSA) is 53.5 Å². The van der Waals surface area contributed by atoms with Gasteiger partial charge < -0.3 is 20.5 Å². The first kappa shape index (κ1) is 14.2. The molecule has 0 spiro atoms. The highest BCUT2D eigenvalue weighted by molar-refractivity contribution is 5.59.